The smallest absolute Gasteiger partial charge is 0.221 e. The molecule has 1 saturated carbocycles. The molecule has 2 rings (SSSR count). The van der Waals surface area contributed by atoms with E-state index in [2.05, 4.69) is 5.32 Å². The predicted molar refractivity (Wildman–Crippen MR) is 95.9 cm³/mol. The first-order valence-electron chi connectivity index (χ1n) is 8.84. The summed E-state index contributed by atoms with van der Waals surface area (Å²) in [5.74, 6) is -0.590. The van der Waals surface area contributed by atoms with Crippen molar-refractivity contribution in [1.82, 2.24) is 9.62 Å². The van der Waals surface area contributed by atoms with E-state index in [0.717, 1.165) is 36.2 Å². The van der Waals surface area contributed by atoms with Crippen LogP contribution in [-0.4, -0.2) is 37.5 Å². The van der Waals surface area contributed by atoms with Crippen LogP contribution in [0.2, 0.25) is 0 Å². The van der Waals surface area contributed by atoms with E-state index in [1.165, 1.54) is 18.9 Å². The van der Waals surface area contributed by atoms with Crippen LogP contribution >= 0.6 is 0 Å². The second-order valence-corrected chi connectivity index (χ2v) is 8.68. The summed E-state index contributed by atoms with van der Waals surface area (Å²) in [4.78, 5) is 12.2. The first-order valence-corrected chi connectivity index (χ1v) is 10.7. The Kier molecular flexibility index (Phi) is 7.38. The van der Waals surface area contributed by atoms with Crippen LogP contribution < -0.4 is 5.32 Å². The molecule has 1 fully saturated rings. The summed E-state index contributed by atoms with van der Waals surface area (Å²) in [5.41, 5.74) is 0.303. The average Bonchev–Trinajstić information content (AvgIpc) is 2.80. The van der Waals surface area contributed by atoms with Crippen LogP contribution in [-0.2, 0) is 21.4 Å². The van der Waals surface area contributed by atoms with Crippen LogP contribution in [0.4, 0.5) is 4.39 Å². The Hall–Kier alpha value is -1.47. The van der Waals surface area contributed by atoms with Crippen LogP contribution in [0.1, 0.15) is 50.5 Å². The first-order chi connectivity index (χ1) is 11.9. The van der Waals surface area contributed by atoms with E-state index in [9.17, 15) is 17.6 Å². The molecule has 1 N–H and O–H groups in total. The third kappa shape index (κ3) is 6.74. The molecule has 25 heavy (non-hydrogen) atoms. The van der Waals surface area contributed by atoms with Gasteiger partial charge in [0, 0.05) is 31.1 Å². The van der Waals surface area contributed by atoms with Gasteiger partial charge in [0.2, 0.25) is 15.9 Å². The summed E-state index contributed by atoms with van der Waals surface area (Å²) in [6.07, 6.45) is 7.78. The fraction of sp³-hybridized carbons (Fsp3) is 0.611. The molecule has 140 valence electrons. The number of sulfonamides is 1. The predicted octanol–water partition coefficient (Wildman–Crippen LogP) is 2.82. The first kappa shape index (κ1) is 19.8. The van der Waals surface area contributed by atoms with E-state index in [1.54, 1.807) is 18.2 Å². The van der Waals surface area contributed by atoms with E-state index >= 15 is 0 Å². The van der Waals surface area contributed by atoms with Crippen molar-refractivity contribution < 1.29 is 17.6 Å². The molecular formula is C18H27FN2O3S. The molecular weight excluding hydrogens is 343 g/mol. The van der Waals surface area contributed by atoms with Gasteiger partial charge in [0.1, 0.15) is 5.82 Å². The number of benzene rings is 1. The van der Waals surface area contributed by atoms with Gasteiger partial charge in [-0.2, -0.15) is 4.31 Å². The van der Waals surface area contributed by atoms with Crippen LogP contribution in [0.3, 0.4) is 0 Å². The fourth-order valence-corrected chi connectivity index (χ4v) is 3.93. The number of nitrogens with one attached hydrogen (secondary N) is 1. The zero-order chi connectivity index (χ0) is 18.3. The van der Waals surface area contributed by atoms with Crippen molar-refractivity contribution in [3.63, 3.8) is 0 Å². The molecule has 7 heteroatoms. The highest BCUT2D eigenvalue weighted by molar-refractivity contribution is 7.88. The molecule has 0 bridgehead atoms. The maximum Gasteiger partial charge on any atom is 0.221 e. The Morgan fingerprint density at radius 3 is 2.44 bits per heavy atom. The number of nitrogens with zero attached hydrogens (tertiary/aromatic N) is 1. The quantitative estimate of drug-likeness (QED) is 0.751. The van der Waals surface area contributed by atoms with Gasteiger partial charge in [-0.25, -0.2) is 12.8 Å². The number of hydrogen-bond donors (Lipinski definition) is 1. The largest absolute Gasteiger partial charge is 0.353 e. The number of amides is 1. The van der Waals surface area contributed by atoms with Crippen LogP contribution in [0.15, 0.2) is 24.3 Å². The summed E-state index contributed by atoms with van der Waals surface area (Å²) in [5, 5.41) is 3.01. The van der Waals surface area contributed by atoms with E-state index in [4.69, 9.17) is 0 Å². The second kappa shape index (κ2) is 9.29. The summed E-state index contributed by atoms with van der Waals surface area (Å²) in [6, 6.07) is 6.27. The van der Waals surface area contributed by atoms with Crippen molar-refractivity contribution in [1.29, 1.82) is 0 Å². The van der Waals surface area contributed by atoms with Crippen LogP contribution in [0.25, 0.3) is 0 Å². The molecule has 0 atom stereocenters. The van der Waals surface area contributed by atoms with Crippen molar-refractivity contribution in [2.75, 3.05) is 12.8 Å². The van der Waals surface area contributed by atoms with E-state index in [1.807, 2.05) is 0 Å². The molecule has 0 spiro atoms. The minimum Gasteiger partial charge on any atom is -0.353 e. The molecule has 5 nitrogen and oxygen atoms in total. The topological polar surface area (TPSA) is 66.5 Å². The number of carbonyl (C=O) groups is 1. The number of hydrogen-bond acceptors (Lipinski definition) is 3. The Labute approximate surface area is 149 Å². The van der Waals surface area contributed by atoms with Gasteiger partial charge in [0.15, 0.2) is 0 Å². The van der Waals surface area contributed by atoms with Crippen molar-refractivity contribution >= 4 is 15.9 Å². The lowest BCUT2D eigenvalue weighted by atomic mass is 10.1. The highest BCUT2D eigenvalue weighted by Gasteiger charge is 2.21. The van der Waals surface area contributed by atoms with Gasteiger partial charge in [0.25, 0.3) is 0 Å². The Morgan fingerprint density at radius 2 is 1.84 bits per heavy atom. The van der Waals surface area contributed by atoms with Crippen molar-refractivity contribution in [3.05, 3.63) is 35.6 Å². The van der Waals surface area contributed by atoms with Crippen molar-refractivity contribution in [2.24, 2.45) is 0 Å². The van der Waals surface area contributed by atoms with Crippen molar-refractivity contribution in [3.8, 4) is 0 Å². The summed E-state index contributed by atoms with van der Waals surface area (Å²) >= 11 is 0. The van der Waals surface area contributed by atoms with E-state index < -0.39 is 15.8 Å². The lowest BCUT2D eigenvalue weighted by molar-refractivity contribution is -0.122. The molecule has 0 unspecified atom stereocenters. The number of carbonyl (C=O) groups excluding carboxylic acids is 1. The SMILES string of the molecule is CS(=O)(=O)N(CCC(=O)NC1CCCCCC1)Cc1ccccc1F. The maximum absolute atomic E-state index is 13.8. The molecule has 1 amide bonds. The van der Waals surface area contributed by atoms with Gasteiger partial charge in [0.05, 0.1) is 6.26 Å². The zero-order valence-electron chi connectivity index (χ0n) is 14.7. The van der Waals surface area contributed by atoms with E-state index in [-0.39, 0.29) is 31.5 Å². The Morgan fingerprint density at radius 1 is 1.20 bits per heavy atom. The van der Waals surface area contributed by atoms with Gasteiger partial charge in [-0.05, 0) is 18.9 Å². The molecule has 0 heterocycles. The molecule has 0 saturated heterocycles. The number of halogens is 1. The molecule has 1 aromatic rings. The summed E-state index contributed by atoms with van der Waals surface area (Å²) in [7, 11) is -3.53. The lowest BCUT2D eigenvalue weighted by Gasteiger charge is -2.21. The molecule has 1 aliphatic rings. The standard InChI is InChI=1S/C18H27FN2O3S/c1-25(23,24)21(14-15-8-6-7-11-17(15)19)13-12-18(22)20-16-9-4-2-3-5-10-16/h6-8,11,16H,2-5,9-10,12-14H2,1H3,(H,20,22). The van der Waals surface area contributed by atoms with Gasteiger partial charge in [-0.15, -0.1) is 0 Å². The third-order valence-electron chi connectivity index (χ3n) is 4.58. The van der Waals surface area contributed by atoms with Crippen LogP contribution in [0.5, 0.6) is 0 Å². The zero-order valence-corrected chi connectivity index (χ0v) is 15.5. The summed E-state index contributed by atoms with van der Waals surface area (Å²) in [6.45, 7) is -0.0199. The molecule has 1 aromatic carbocycles. The minimum absolute atomic E-state index is 0.0473. The molecule has 1 aliphatic carbocycles. The van der Waals surface area contributed by atoms with Crippen LogP contribution in [0, 0.1) is 5.82 Å². The highest BCUT2D eigenvalue weighted by Crippen LogP contribution is 2.17. The minimum atomic E-state index is -3.53. The molecule has 0 aliphatic heterocycles. The Bertz CT molecular complexity index is 671. The van der Waals surface area contributed by atoms with Gasteiger partial charge in [-0.1, -0.05) is 43.9 Å². The molecule has 0 radical (unpaired) electrons. The second-order valence-electron chi connectivity index (χ2n) is 6.69. The summed E-state index contributed by atoms with van der Waals surface area (Å²) < 4.78 is 38.9. The molecule has 0 aromatic heterocycles. The van der Waals surface area contributed by atoms with Gasteiger partial charge < -0.3 is 5.32 Å². The van der Waals surface area contributed by atoms with Gasteiger partial charge in [-0.3, -0.25) is 4.79 Å². The van der Waals surface area contributed by atoms with Crippen molar-refractivity contribution in [2.45, 2.75) is 57.5 Å². The monoisotopic (exact) mass is 370 g/mol. The van der Waals surface area contributed by atoms with Gasteiger partial charge >= 0.3 is 0 Å². The maximum atomic E-state index is 13.8. The average molecular weight is 370 g/mol. The fourth-order valence-electron chi connectivity index (χ4n) is 3.13. The highest BCUT2D eigenvalue weighted by atomic mass is 32.2. The number of rotatable bonds is 7. The lowest BCUT2D eigenvalue weighted by Crippen LogP contribution is -2.38. The third-order valence-corrected chi connectivity index (χ3v) is 5.83. The normalized spacial score (nSPS) is 16.6. The van der Waals surface area contributed by atoms with E-state index in [0.29, 0.717) is 5.56 Å². The Balaban J connectivity index is 1.91.